The summed E-state index contributed by atoms with van der Waals surface area (Å²) in [5, 5.41) is 0. The summed E-state index contributed by atoms with van der Waals surface area (Å²) in [5.41, 5.74) is 1.71. The lowest BCUT2D eigenvalue weighted by Gasteiger charge is -2.12. The fourth-order valence-electron chi connectivity index (χ4n) is 3.67. The topological polar surface area (TPSA) is 27.7 Å². The Hall–Kier alpha value is -4.19. The maximum Gasteiger partial charge on any atom is 0.167 e. The molecule has 0 bridgehead atoms. The van der Waals surface area contributed by atoms with Crippen molar-refractivity contribution in [1.82, 2.24) is 0 Å². The molecular weight excluding hydrogens is 465 g/mol. The molecule has 0 unspecified atom stereocenters. The molecule has 0 aromatic heterocycles. The number of hydrogen-bond acceptors (Lipinski definition) is 3. The van der Waals surface area contributed by atoms with Gasteiger partial charge in [-0.2, -0.15) is 0 Å². The Morgan fingerprint density at radius 1 is 0.667 bits per heavy atom. The average molecular weight is 491 g/mol. The quantitative estimate of drug-likeness (QED) is 0.211. The summed E-state index contributed by atoms with van der Waals surface area (Å²) >= 11 is 0. The molecule has 0 saturated carbocycles. The van der Waals surface area contributed by atoms with Gasteiger partial charge in [-0.25, -0.2) is 13.2 Å². The molecular formula is C30H25F3O3. The van der Waals surface area contributed by atoms with Gasteiger partial charge in [0.05, 0.1) is 6.61 Å². The lowest BCUT2D eigenvalue weighted by atomic mass is 9.98. The predicted molar refractivity (Wildman–Crippen MR) is 135 cm³/mol. The van der Waals surface area contributed by atoms with Gasteiger partial charge >= 0.3 is 0 Å². The second-order valence-electron chi connectivity index (χ2n) is 7.91. The molecule has 36 heavy (non-hydrogen) atoms. The SMILES string of the molecule is C=CCOc1ccc(COc2ccc(-c3ccc(-c4ccc(OCC)cc4)c(F)c3F)cc2)c(F)c1. The third-order valence-corrected chi connectivity index (χ3v) is 5.51. The number of ether oxygens (including phenoxy) is 3. The van der Waals surface area contributed by atoms with Gasteiger partial charge < -0.3 is 14.2 Å². The van der Waals surface area contributed by atoms with Crippen molar-refractivity contribution < 1.29 is 27.4 Å². The van der Waals surface area contributed by atoms with E-state index in [2.05, 4.69) is 6.58 Å². The monoisotopic (exact) mass is 490 g/mol. The Morgan fingerprint density at radius 2 is 1.19 bits per heavy atom. The molecule has 0 N–H and O–H groups in total. The van der Waals surface area contributed by atoms with Gasteiger partial charge in [-0.05, 0) is 54.4 Å². The van der Waals surface area contributed by atoms with E-state index in [0.29, 0.717) is 40.5 Å². The van der Waals surface area contributed by atoms with E-state index < -0.39 is 17.5 Å². The summed E-state index contributed by atoms with van der Waals surface area (Å²) in [5.74, 6) is -0.763. The molecule has 4 aromatic rings. The first-order valence-electron chi connectivity index (χ1n) is 11.5. The highest BCUT2D eigenvalue weighted by atomic mass is 19.2. The Morgan fingerprint density at radius 3 is 1.69 bits per heavy atom. The van der Waals surface area contributed by atoms with E-state index in [1.807, 2.05) is 6.92 Å². The Bertz CT molecular complexity index is 1330. The molecule has 0 aliphatic rings. The van der Waals surface area contributed by atoms with E-state index in [1.165, 1.54) is 6.07 Å². The first-order chi connectivity index (χ1) is 17.5. The van der Waals surface area contributed by atoms with E-state index in [4.69, 9.17) is 14.2 Å². The van der Waals surface area contributed by atoms with Gasteiger partial charge in [-0.3, -0.25) is 0 Å². The van der Waals surface area contributed by atoms with Gasteiger partial charge in [0.1, 0.15) is 36.3 Å². The molecule has 0 aliphatic carbocycles. The third kappa shape index (κ3) is 5.71. The molecule has 0 spiro atoms. The van der Waals surface area contributed by atoms with Crippen LogP contribution in [0.3, 0.4) is 0 Å². The Labute approximate surface area is 208 Å². The van der Waals surface area contributed by atoms with Gasteiger partial charge in [-0.1, -0.05) is 49.1 Å². The van der Waals surface area contributed by atoms with Gasteiger partial charge in [0.2, 0.25) is 0 Å². The van der Waals surface area contributed by atoms with Crippen molar-refractivity contribution in [3.05, 3.63) is 115 Å². The van der Waals surface area contributed by atoms with Crippen LogP contribution in [0.2, 0.25) is 0 Å². The van der Waals surface area contributed by atoms with Gasteiger partial charge in [0.25, 0.3) is 0 Å². The molecule has 0 fully saturated rings. The molecule has 0 radical (unpaired) electrons. The smallest absolute Gasteiger partial charge is 0.167 e. The van der Waals surface area contributed by atoms with Crippen LogP contribution in [0.5, 0.6) is 17.2 Å². The first kappa shape index (κ1) is 24.9. The minimum absolute atomic E-state index is 0.00664. The normalized spacial score (nSPS) is 10.7. The maximum atomic E-state index is 15.0. The zero-order chi connectivity index (χ0) is 25.5. The highest BCUT2D eigenvalue weighted by Gasteiger charge is 2.16. The Balaban J connectivity index is 1.45. The van der Waals surface area contributed by atoms with Crippen LogP contribution in [0, 0.1) is 17.5 Å². The van der Waals surface area contributed by atoms with E-state index in [1.54, 1.807) is 78.9 Å². The molecule has 0 atom stereocenters. The number of halogens is 3. The molecule has 0 saturated heterocycles. The molecule has 184 valence electrons. The first-order valence-corrected chi connectivity index (χ1v) is 11.5. The van der Waals surface area contributed by atoms with Crippen molar-refractivity contribution in [2.24, 2.45) is 0 Å². The maximum absolute atomic E-state index is 15.0. The van der Waals surface area contributed by atoms with Crippen LogP contribution in [-0.2, 0) is 6.61 Å². The summed E-state index contributed by atoms with van der Waals surface area (Å²) in [6.07, 6.45) is 1.58. The van der Waals surface area contributed by atoms with Gasteiger partial charge in [-0.15, -0.1) is 0 Å². The zero-order valence-electron chi connectivity index (χ0n) is 19.8. The molecule has 4 aromatic carbocycles. The van der Waals surface area contributed by atoms with Crippen molar-refractivity contribution in [3.63, 3.8) is 0 Å². The molecule has 6 heteroatoms. The lowest BCUT2D eigenvalue weighted by Crippen LogP contribution is -2.00. The largest absolute Gasteiger partial charge is 0.494 e. The van der Waals surface area contributed by atoms with E-state index >= 15 is 0 Å². The van der Waals surface area contributed by atoms with Crippen molar-refractivity contribution >= 4 is 0 Å². The minimum Gasteiger partial charge on any atom is -0.494 e. The molecule has 0 heterocycles. The fraction of sp³-hybridized carbons (Fsp3) is 0.133. The second kappa shape index (κ2) is 11.5. The summed E-state index contributed by atoms with van der Waals surface area (Å²) in [6, 6.07) is 21.0. The molecule has 0 amide bonds. The molecule has 3 nitrogen and oxygen atoms in total. The van der Waals surface area contributed by atoms with Crippen LogP contribution in [-0.4, -0.2) is 13.2 Å². The van der Waals surface area contributed by atoms with E-state index in [9.17, 15) is 13.2 Å². The van der Waals surface area contributed by atoms with E-state index in [0.717, 1.165) is 0 Å². The minimum atomic E-state index is -0.934. The average Bonchev–Trinajstić information content (AvgIpc) is 2.90. The number of rotatable bonds is 10. The molecule has 4 rings (SSSR count). The zero-order valence-corrected chi connectivity index (χ0v) is 19.8. The van der Waals surface area contributed by atoms with Crippen molar-refractivity contribution in [2.45, 2.75) is 13.5 Å². The van der Waals surface area contributed by atoms with Crippen LogP contribution in [0.4, 0.5) is 13.2 Å². The van der Waals surface area contributed by atoms with Crippen molar-refractivity contribution in [3.8, 4) is 39.5 Å². The van der Waals surface area contributed by atoms with Crippen molar-refractivity contribution in [2.75, 3.05) is 13.2 Å². The highest BCUT2D eigenvalue weighted by molar-refractivity contribution is 5.72. The summed E-state index contributed by atoms with van der Waals surface area (Å²) in [6.45, 7) is 6.25. The third-order valence-electron chi connectivity index (χ3n) is 5.51. The summed E-state index contributed by atoms with van der Waals surface area (Å²) < 4.78 is 60.6. The van der Waals surface area contributed by atoms with Crippen LogP contribution < -0.4 is 14.2 Å². The van der Waals surface area contributed by atoms with Gasteiger partial charge in [0, 0.05) is 22.8 Å². The lowest BCUT2D eigenvalue weighted by molar-refractivity contribution is 0.298. The van der Waals surface area contributed by atoms with Crippen LogP contribution >= 0.6 is 0 Å². The number of benzene rings is 4. The predicted octanol–water partition coefficient (Wildman–Crippen LogP) is 7.98. The van der Waals surface area contributed by atoms with Crippen LogP contribution in [0.1, 0.15) is 12.5 Å². The van der Waals surface area contributed by atoms with Crippen LogP contribution in [0.25, 0.3) is 22.3 Å². The Kier molecular flexibility index (Phi) is 7.95. The molecule has 0 aliphatic heterocycles. The summed E-state index contributed by atoms with van der Waals surface area (Å²) in [4.78, 5) is 0. The highest BCUT2D eigenvalue weighted by Crippen LogP contribution is 2.33. The second-order valence-corrected chi connectivity index (χ2v) is 7.91. The number of hydrogen-bond donors (Lipinski definition) is 0. The van der Waals surface area contributed by atoms with E-state index in [-0.39, 0.29) is 24.3 Å². The summed E-state index contributed by atoms with van der Waals surface area (Å²) in [7, 11) is 0. The van der Waals surface area contributed by atoms with Gasteiger partial charge in [0.15, 0.2) is 11.6 Å². The standard InChI is InChI=1S/C30H25F3O3/c1-3-17-35-25-14-9-22(28(31)18-25)19-36-24-12-7-21(8-13-24)27-16-15-26(29(32)30(27)33)20-5-10-23(11-6-20)34-4-2/h3,5-16,18H,1,4,17,19H2,2H3. The fourth-order valence-corrected chi connectivity index (χ4v) is 3.67. The van der Waals surface area contributed by atoms with Crippen LogP contribution in [0.15, 0.2) is 91.5 Å². The van der Waals surface area contributed by atoms with Crippen molar-refractivity contribution in [1.29, 1.82) is 0 Å².